The lowest BCUT2D eigenvalue weighted by Gasteiger charge is -2.09. The molecule has 0 bridgehead atoms. The number of para-hydroxylation sites is 1. The van der Waals surface area contributed by atoms with Crippen molar-refractivity contribution in [3.63, 3.8) is 0 Å². The zero-order valence-corrected chi connectivity index (χ0v) is 18.5. The van der Waals surface area contributed by atoms with Crippen LogP contribution in [-0.2, 0) is 0 Å². The van der Waals surface area contributed by atoms with Crippen molar-refractivity contribution in [3.05, 3.63) is 115 Å². The third-order valence-corrected chi connectivity index (χ3v) is 5.41. The summed E-state index contributed by atoms with van der Waals surface area (Å²) in [5.41, 5.74) is 5.62. The Morgan fingerprint density at radius 1 is 0.824 bits per heavy atom. The zero-order chi connectivity index (χ0) is 23.3. The molecule has 7 nitrogen and oxygen atoms in total. The Morgan fingerprint density at radius 2 is 1.50 bits per heavy atom. The van der Waals surface area contributed by atoms with Gasteiger partial charge < -0.3 is 10.6 Å². The molecule has 0 fully saturated rings. The topological polar surface area (TPSA) is 84.7 Å². The van der Waals surface area contributed by atoms with E-state index < -0.39 is 0 Å². The number of hydrogen-bond donors (Lipinski definition) is 2. The van der Waals surface area contributed by atoms with Gasteiger partial charge in [0.15, 0.2) is 0 Å². The molecule has 166 valence electrons. The second-order valence-corrected chi connectivity index (χ2v) is 7.70. The van der Waals surface area contributed by atoms with Gasteiger partial charge in [0, 0.05) is 23.0 Å². The minimum absolute atomic E-state index is 0.205. The highest BCUT2D eigenvalue weighted by Gasteiger charge is 2.15. The minimum atomic E-state index is -0.205. The average molecular weight is 447 g/mol. The van der Waals surface area contributed by atoms with Gasteiger partial charge in [-0.2, -0.15) is 5.10 Å². The summed E-state index contributed by atoms with van der Waals surface area (Å²) in [6.07, 6.45) is 3.13. The molecule has 2 aromatic heterocycles. The van der Waals surface area contributed by atoms with Gasteiger partial charge in [0.05, 0.1) is 28.8 Å². The lowest BCUT2D eigenvalue weighted by Crippen LogP contribution is -2.13. The molecule has 5 rings (SSSR count). The van der Waals surface area contributed by atoms with E-state index in [0.717, 1.165) is 28.3 Å². The van der Waals surface area contributed by atoms with E-state index in [0.29, 0.717) is 17.1 Å². The number of nitrogens with one attached hydrogen (secondary N) is 2. The molecule has 2 N–H and O–H groups in total. The van der Waals surface area contributed by atoms with Gasteiger partial charge in [0.1, 0.15) is 12.1 Å². The molecule has 0 aliphatic heterocycles. The van der Waals surface area contributed by atoms with Crippen LogP contribution in [-0.4, -0.2) is 25.7 Å². The van der Waals surface area contributed by atoms with Crippen molar-refractivity contribution >= 4 is 23.1 Å². The van der Waals surface area contributed by atoms with Crippen LogP contribution in [0.4, 0.5) is 17.2 Å². The van der Waals surface area contributed by atoms with Crippen LogP contribution in [0, 0.1) is 6.92 Å². The second kappa shape index (κ2) is 9.38. The molecule has 0 atom stereocenters. The summed E-state index contributed by atoms with van der Waals surface area (Å²) < 4.78 is 1.76. The van der Waals surface area contributed by atoms with Crippen molar-refractivity contribution in [2.45, 2.75) is 6.92 Å². The molecule has 2 heterocycles. The third-order valence-electron chi connectivity index (χ3n) is 5.41. The molecule has 0 aliphatic carbocycles. The maximum Gasteiger partial charge on any atom is 0.259 e. The third kappa shape index (κ3) is 4.54. The molecule has 0 radical (unpaired) electrons. The molecule has 0 aliphatic rings. The number of carbonyl (C=O) groups is 1. The van der Waals surface area contributed by atoms with Crippen molar-refractivity contribution in [1.29, 1.82) is 0 Å². The van der Waals surface area contributed by atoms with Crippen molar-refractivity contribution in [1.82, 2.24) is 19.7 Å². The number of amides is 1. The predicted molar refractivity (Wildman–Crippen MR) is 133 cm³/mol. The Labute approximate surface area is 197 Å². The first-order valence-electron chi connectivity index (χ1n) is 10.8. The number of anilines is 3. The van der Waals surface area contributed by atoms with Crippen LogP contribution in [0.3, 0.4) is 0 Å². The van der Waals surface area contributed by atoms with Crippen LogP contribution >= 0.6 is 0 Å². The van der Waals surface area contributed by atoms with Crippen LogP contribution in [0.5, 0.6) is 0 Å². The number of aromatic nitrogens is 4. The van der Waals surface area contributed by atoms with Gasteiger partial charge in [-0.1, -0.05) is 48.5 Å². The summed E-state index contributed by atoms with van der Waals surface area (Å²) in [5, 5.41) is 10.6. The van der Waals surface area contributed by atoms with E-state index in [1.165, 1.54) is 6.33 Å². The molecule has 0 unspecified atom stereocenters. The number of hydrogen-bond acceptors (Lipinski definition) is 5. The summed E-state index contributed by atoms with van der Waals surface area (Å²) in [6.45, 7) is 1.88. The number of nitrogens with zero attached hydrogens (tertiary/aromatic N) is 4. The summed E-state index contributed by atoms with van der Waals surface area (Å²) >= 11 is 0. The molecule has 1 amide bonds. The lowest BCUT2D eigenvalue weighted by atomic mass is 10.1. The molecule has 7 heteroatoms. The van der Waals surface area contributed by atoms with Gasteiger partial charge in [-0.05, 0) is 43.3 Å². The van der Waals surface area contributed by atoms with E-state index in [2.05, 4.69) is 25.7 Å². The first kappa shape index (κ1) is 21.1. The Balaban J connectivity index is 1.27. The average Bonchev–Trinajstić information content (AvgIpc) is 3.28. The van der Waals surface area contributed by atoms with Crippen LogP contribution in [0.1, 0.15) is 16.1 Å². The van der Waals surface area contributed by atoms with Crippen LogP contribution in [0.2, 0.25) is 0 Å². The lowest BCUT2D eigenvalue weighted by molar-refractivity contribution is 0.102. The fourth-order valence-electron chi connectivity index (χ4n) is 3.64. The quantitative estimate of drug-likeness (QED) is 0.353. The van der Waals surface area contributed by atoms with Crippen molar-refractivity contribution in [2.75, 3.05) is 10.6 Å². The van der Waals surface area contributed by atoms with Crippen LogP contribution in [0.25, 0.3) is 16.9 Å². The molecular formula is C27H22N6O. The largest absolute Gasteiger partial charge is 0.340 e. The van der Waals surface area contributed by atoms with Gasteiger partial charge in [-0.25, -0.2) is 14.6 Å². The van der Waals surface area contributed by atoms with Gasteiger partial charge in [-0.15, -0.1) is 0 Å². The normalized spacial score (nSPS) is 10.6. The monoisotopic (exact) mass is 446 g/mol. The molecular weight excluding hydrogens is 424 g/mol. The highest BCUT2D eigenvalue weighted by molar-refractivity contribution is 6.05. The van der Waals surface area contributed by atoms with Gasteiger partial charge in [0.2, 0.25) is 0 Å². The Bertz CT molecular complexity index is 1410. The highest BCUT2D eigenvalue weighted by Crippen LogP contribution is 2.22. The predicted octanol–water partition coefficient (Wildman–Crippen LogP) is 5.63. The summed E-state index contributed by atoms with van der Waals surface area (Å²) in [7, 11) is 0. The summed E-state index contributed by atoms with van der Waals surface area (Å²) in [5.74, 6) is 0.485. The molecule has 0 spiro atoms. The summed E-state index contributed by atoms with van der Waals surface area (Å²) in [4.78, 5) is 21.5. The fraction of sp³-hybridized carbons (Fsp3) is 0.0370. The van der Waals surface area contributed by atoms with Gasteiger partial charge >= 0.3 is 0 Å². The van der Waals surface area contributed by atoms with Gasteiger partial charge in [-0.3, -0.25) is 4.79 Å². The molecule has 0 saturated heterocycles. The molecule has 34 heavy (non-hydrogen) atoms. The van der Waals surface area contributed by atoms with E-state index in [4.69, 9.17) is 0 Å². The Morgan fingerprint density at radius 3 is 2.24 bits per heavy atom. The number of rotatable bonds is 6. The number of benzene rings is 3. The van der Waals surface area contributed by atoms with Crippen molar-refractivity contribution in [2.24, 2.45) is 0 Å². The zero-order valence-electron chi connectivity index (χ0n) is 18.5. The smallest absolute Gasteiger partial charge is 0.259 e. The molecule has 3 aromatic carbocycles. The first-order chi connectivity index (χ1) is 16.7. The maximum atomic E-state index is 12.8. The van der Waals surface area contributed by atoms with Crippen LogP contribution in [0.15, 0.2) is 104 Å². The van der Waals surface area contributed by atoms with E-state index >= 15 is 0 Å². The minimum Gasteiger partial charge on any atom is -0.340 e. The maximum absolute atomic E-state index is 12.8. The first-order valence-corrected chi connectivity index (χ1v) is 10.8. The van der Waals surface area contributed by atoms with E-state index in [1.54, 1.807) is 10.9 Å². The van der Waals surface area contributed by atoms with Gasteiger partial charge in [0.25, 0.3) is 5.91 Å². The van der Waals surface area contributed by atoms with E-state index in [1.807, 2.05) is 97.9 Å². The second-order valence-electron chi connectivity index (χ2n) is 7.70. The van der Waals surface area contributed by atoms with Crippen molar-refractivity contribution < 1.29 is 4.79 Å². The molecule has 0 saturated carbocycles. The number of carbonyl (C=O) groups excluding carboxylic acids is 1. The fourth-order valence-corrected chi connectivity index (χ4v) is 3.64. The Kier molecular flexibility index (Phi) is 5.82. The molecule has 5 aromatic rings. The Hall–Kier alpha value is -4.78. The summed E-state index contributed by atoms with van der Waals surface area (Å²) in [6, 6.07) is 29.0. The SMILES string of the molecule is Cc1c(C(=O)Nc2ccc(Nc3cc(-c4ccccc4)ncn3)cc2)cnn1-c1ccccc1. The standard InChI is InChI=1S/C27H22N6O/c1-19-24(17-30-33(19)23-10-6-3-7-11-23)27(34)32-22-14-12-21(13-15-22)31-26-16-25(28-18-29-26)20-8-4-2-5-9-20/h2-18H,1H3,(H,32,34)(H,28,29,31). The van der Waals surface area contributed by atoms with E-state index in [-0.39, 0.29) is 5.91 Å². The van der Waals surface area contributed by atoms with Crippen molar-refractivity contribution in [3.8, 4) is 16.9 Å². The van der Waals surface area contributed by atoms with E-state index in [9.17, 15) is 4.79 Å². The van der Waals surface area contributed by atoms with Crippen LogP contribution < -0.4 is 10.6 Å². The highest BCUT2D eigenvalue weighted by atomic mass is 16.1.